The Bertz CT molecular complexity index is 563. The summed E-state index contributed by atoms with van der Waals surface area (Å²) in [6.45, 7) is 0. The van der Waals surface area contributed by atoms with Gasteiger partial charge in [0.2, 0.25) is 0 Å². The van der Waals surface area contributed by atoms with Gasteiger partial charge in [0.1, 0.15) is 0 Å². The van der Waals surface area contributed by atoms with Crippen LogP contribution in [-0.2, 0) is 0 Å². The molecule has 0 spiro atoms. The Morgan fingerprint density at radius 1 is 0.812 bits per heavy atom. The van der Waals surface area contributed by atoms with Gasteiger partial charge >= 0.3 is 0 Å². The molecule has 0 saturated heterocycles. The smallest absolute Gasteiger partial charge is 0.0658 e. The topological polar surface area (TPSA) is 0 Å². The zero-order chi connectivity index (χ0) is 10.8. The maximum absolute atomic E-state index is 2.26. The summed E-state index contributed by atoms with van der Waals surface area (Å²) in [4.78, 5) is 1.30. The van der Waals surface area contributed by atoms with Crippen LogP contribution in [0.5, 0.6) is 0 Å². The molecule has 2 aromatic carbocycles. The first-order valence-electron chi connectivity index (χ1n) is 5.13. The first-order valence-corrected chi connectivity index (χ1v) is 6.76. The first kappa shape index (κ1) is 9.94. The third-order valence-electron chi connectivity index (χ3n) is 2.36. The van der Waals surface area contributed by atoms with Crippen LogP contribution in [0.4, 0.5) is 0 Å². The SMILES string of the molecule is c1ccc(Sc2cc3ccccc3s2)cc1. The van der Waals surface area contributed by atoms with E-state index in [0.29, 0.717) is 0 Å². The quantitative estimate of drug-likeness (QED) is 0.605. The largest absolute Gasteiger partial charge is 0.128 e. The van der Waals surface area contributed by atoms with E-state index in [0.717, 1.165) is 0 Å². The van der Waals surface area contributed by atoms with E-state index in [1.54, 1.807) is 0 Å². The Morgan fingerprint density at radius 2 is 1.56 bits per heavy atom. The summed E-state index contributed by atoms with van der Waals surface area (Å²) in [5, 5.41) is 1.34. The molecular formula is C14H10S2. The molecule has 0 fully saturated rings. The van der Waals surface area contributed by atoms with Gasteiger partial charge in [-0.3, -0.25) is 0 Å². The molecule has 0 aliphatic carbocycles. The second-order valence-corrected chi connectivity index (χ2v) is 5.98. The molecule has 0 radical (unpaired) electrons. The Balaban J connectivity index is 1.95. The Hall–Kier alpha value is -1.25. The summed E-state index contributed by atoms with van der Waals surface area (Å²) in [6, 6.07) is 21.3. The molecule has 78 valence electrons. The Morgan fingerprint density at radius 3 is 2.38 bits per heavy atom. The van der Waals surface area contributed by atoms with Gasteiger partial charge in [-0.25, -0.2) is 0 Å². The number of thiophene rings is 1. The zero-order valence-corrected chi connectivity index (χ0v) is 10.2. The average molecular weight is 242 g/mol. The summed E-state index contributed by atoms with van der Waals surface area (Å²) in [5.74, 6) is 0. The van der Waals surface area contributed by atoms with E-state index in [9.17, 15) is 0 Å². The molecule has 0 bridgehead atoms. The van der Waals surface area contributed by atoms with Gasteiger partial charge in [-0.2, -0.15) is 0 Å². The molecule has 0 aliphatic rings. The second-order valence-electron chi connectivity index (χ2n) is 3.52. The van der Waals surface area contributed by atoms with E-state index in [1.165, 1.54) is 19.2 Å². The molecule has 0 unspecified atom stereocenters. The maximum Gasteiger partial charge on any atom is 0.0658 e. The van der Waals surface area contributed by atoms with Gasteiger partial charge in [0.15, 0.2) is 0 Å². The van der Waals surface area contributed by atoms with Crippen LogP contribution in [-0.4, -0.2) is 0 Å². The summed E-state index contributed by atoms with van der Waals surface area (Å²) in [5.41, 5.74) is 0. The van der Waals surface area contributed by atoms with Gasteiger partial charge in [0.05, 0.1) is 4.21 Å². The van der Waals surface area contributed by atoms with Crippen molar-refractivity contribution in [3.8, 4) is 0 Å². The highest BCUT2D eigenvalue weighted by Gasteiger charge is 2.02. The summed E-state index contributed by atoms with van der Waals surface area (Å²) in [6.07, 6.45) is 0. The van der Waals surface area contributed by atoms with E-state index in [1.807, 2.05) is 23.1 Å². The van der Waals surface area contributed by atoms with Crippen LogP contribution in [0.3, 0.4) is 0 Å². The standard InChI is InChI=1S/C14H10S2/c1-2-7-12(8-3-1)15-14-10-11-6-4-5-9-13(11)16-14/h1-10H. The number of hydrogen-bond donors (Lipinski definition) is 0. The van der Waals surface area contributed by atoms with Crippen molar-refractivity contribution < 1.29 is 0 Å². The van der Waals surface area contributed by atoms with E-state index in [4.69, 9.17) is 0 Å². The molecule has 3 rings (SSSR count). The van der Waals surface area contributed by atoms with Crippen molar-refractivity contribution in [3.05, 3.63) is 60.7 Å². The normalized spacial score (nSPS) is 10.8. The number of benzene rings is 2. The number of hydrogen-bond acceptors (Lipinski definition) is 2. The van der Waals surface area contributed by atoms with Gasteiger partial charge < -0.3 is 0 Å². The minimum atomic E-state index is 1.30. The molecule has 3 aromatic rings. The summed E-state index contributed by atoms with van der Waals surface area (Å²) < 4.78 is 2.72. The Kier molecular flexibility index (Phi) is 2.68. The zero-order valence-electron chi connectivity index (χ0n) is 8.59. The van der Waals surface area contributed by atoms with Gasteiger partial charge in [0, 0.05) is 9.60 Å². The molecule has 2 heteroatoms. The molecule has 0 N–H and O–H groups in total. The predicted octanol–water partition coefficient (Wildman–Crippen LogP) is 5.05. The minimum Gasteiger partial charge on any atom is -0.128 e. The van der Waals surface area contributed by atoms with Crippen LogP contribution in [0.1, 0.15) is 0 Å². The van der Waals surface area contributed by atoms with Crippen LogP contribution >= 0.6 is 23.1 Å². The highest BCUT2D eigenvalue weighted by molar-refractivity contribution is 8.01. The minimum absolute atomic E-state index is 1.30. The van der Waals surface area contributed by atoms with E-state index < -0.39 is 0 Å². The number of rotatable bonds is 2. The lowest BCUT2D eigenvalue weighted by atomic mass is 10.3. The predicted molar refractivity (Wildman–Crippen MR) is 72.4 cm³/mol. The average Bonchev–Trinajstić information content (AvgIpc) is 2.72. The molecule has 0 amide bonds. The van der Waals surface area contributed by atoms with Gasteiger partial charge in [0.25, 0.3) is 0 Å². The van der Waals surface area contributed by atoms with Gasteiger partial charge in [-0.1, -0.05) is 48.2 Å². The van der Waals surface area contributed by atoms with E-state index in [2.05, 4.69) is 60.7 Å². The van der Waals surface area contributed by atoms with Crippen molar-refractivity contribution in [2.45, 2.75) is 9.10 Å². The highest BCUT2D eigenvalue weighted by Crippen LogP contribution is 2.36. The fourth-order valence-electron chi connectivity index (χ4n) is 1.61. The van der Waals surface area contributed by atoms with Crippen LogP contribution in [0.25, 0.3) is 10.1 Å². The first-order chi connectivity index (χ1) is 7.92. The van der Waals surface area contributed by atoms with Crippen molar-refractivity contribution in [2.24, 2.45) is 0 Å². The summed E-state index contributed by atoms with van der Waals surface area (Å²) >= 11 is 3.69. The molecule has 0 atom stereocenters. The number of fused-ring (bicyclic) bond motifs is 1. The van der Waals surface area contributed by atoms with Gasteiger partial charge in [-0.15, -0.1) is 11.3 Å². The highest BCUT2D eigenvalue weighted by atomic mass is 32.2. The fraction of sp³-hybridized carbons (Fsp3) is 0. The van der Waals surface area contributed by atoms with E-state index >= 15 is 0 Å². The van der Waals surface area contributed by atoms with E-state index in [-0.39, 0.29) is 0 Å². The third-order valence-corrected chi connectivity index (χ3v) is 4.60. The second kappa shape index (κ2) is 4.32. The lowest BCUT2D eigenvalue weighted by Crippen LogP contribution is -1.66. The van der Waals surface area contributed by atoms with Crippen molar-refractivity contribution in [1.29, 1.82) is 0 Å². The molecule has 0 aliphatic heterocycles. The molecule has 0 saturated carbocycles. The fourth-order valence-corrected chi connectivity index (χ4v) is 3.84. The molecule has 1 heterocycles. The van der Waals surface area contributed by atoms with Crippen molar-refractivity contribution in [2.75, 3.05) is 0 Å². The monoisotopic (exact) mass is 242 g/mol. The van der Waals surface area contributed by atoms with Gasteiger partial charge in [-0.05, 0) is 29.7 Å². The maximum atomic E-state index is 2.26. The van der Waals surface area contributed by atoms with Crippen molar-refractivity contribution >= 4 is 33.2 Å². The lowest BCUT2D eigenvalue weighted by molar-refractivity contribution is 1.46. The molecule has 1 aromatic heterocycles. The van der Waals surface area contributed by atoms with Crippen LogP contribution in [0.15, 0.2) is 69.8 Å². The van der Waals surface area contributed by atoms with Crippen LogP contribution in [0, 0.1) is 0 Å². The lowest BCUT2D eigenvalue weighted by Gasteiger charge is -1.95. The Labute approximate surface area is 103 Å². The molecule has 16 heavy (non-hydrogen) atoms. The molecule has 0 nitrogen and oxygen atoms in total. The van der Waals surface area contributed by atoms with Crippen LogP contribution in [0.2, 0.25) is 0 Å². The molecular weight excluding hydrogens is 232 g/mol. The van der Waals surface area contributed by atoms with Crippen LogP contribution < -0.4 is 0 Å². The van der Waals surface area contributed by atoms with Crippen molar-refractivity contribution in [3.63, 3.8) is 0 Å². The third kappa shape index (κ3) is 1.99. The van der Waals surface area contributed by atoms with Crippen molar-refractivity contribution in [1.82, 2.24) is 0 Å². The summed E-state index contributed by atoms with van der Waals surface area (Å²) in [7, 11) is 0.